The molecule has 0 saturated carbocycles. The first-order valence-electron chi connectivity index (χ1n) is 6.44. The Hall–Kier alpha value is -2.62. The minimum Gasteiger partial charge on any atom is -0.368 e. The molecule has 3 rings (SSSR count). The van der Waals surface area contributed by atoms with E-state index in [1.165, 1.54) is 4.90 Å². The average Bonchev–Trinajstić information content (AvgIpc) is 2.87. The van der Waals surface area contributed by atoms with Crippen LogP contribution in [0.15, 0.2) is 54.6 Å². The Morgan fingerprint density at radius 2 is 1.65 bits per heavy atom. The van der Waals surface area contributed by atoms with E-state index < -0.39 is 11.9 Å². The molecular weight excluding hydrogens is 252 g/mol. The summed E-state index contributed by atoms with van der Waals surface area (Å²) in [5.41, 5.74) is 7.74. The molecule has 0 aromatic heterocycles. The van der Waals surface area contributed by atoms with Crippen molar-refractivity contribution >= 4 is 17.5 Å². The summed E-state index contributed by atoms with van der Waals surface area (Å²) in [4.78, 5) is 25.8. The van der Waals surface area contributed by atoms with Gasteiger partial charge in [-0.1, -0.05) is 36.4 Å². The standard InChI is InChI=1S/C16H14N2O2/c17-15(19)14-10-12-8-4-5-9-13(12)18(14)16(20)11-6-2-1-3-7-11/h1-9,14H,10H2,(H2,17,19). The first-order chi connectivity index (χ1) is 9.68. The van der Waals surface area contributed by atoms with E-state index in [4.69, 9.17) is 5.73 Å². The van der Waals surface area contributed by atoms with Gasteiger partial charge in [0.15, 0.2) is 0 Å². The number of carbonyl (C=O) groups excluding carboxylic acids is 2. The molecule has 1 atom stereocenters. The van der Waals surface area contributed by atoms with Gasteiger partial charge < -0.3 is 5.73 Å². The molecule has 0 aliphatic carbocycles. The molecule has 2 aromatic carbocycles. The summed E-state index contributed by atoms with van der Waals surface area (Å²) in [6, 6.07) is 15.8. The average molecular weight is 266 g/mol. The van der Waals surface area contributed by atoms with Crippen molar-refractivity contribution in [3.8, 4) is 0 Å². The van der Waals surface area contributed by atoms with Crippen LogP contribution in [0, 0.1) is 0 Å². The number of nitrogens with zero attached hydrogens (tertiary/aromatic N) is 1. The first kappa shape index (κ1) is 12.4. The second-order valence-corrected chi connectivity index (χ2v) is 4.79. The van der Waals surface area contributed by atoms with E-state index >= 15 is 0 Å². The zero-order chi connectivity index (χ0) is 14.1. The lowest BCUT2D eigenvalue weighted by atomic mass is 10.1. The summed E-state index contributed by atoms with van der Waals surface area (Å²) in [5.74, 6) is -0.676. The van der Waals surface area contributed by atoms with Crippen molar-refractivity contribution in [1.29, 1.82) is 0 Å². The van der Waals surface area contributed by atoms with Crippen LogP contribution in [0.3, 0.4) is 0 Å². The number of anilines is 1. The number of amides is 2. The Labute approximate surface area is 116 Å². The predicted molar refractivity (Wildman–Crippen MR) is 76.4 cm³/mol. The number of nitrogens with two attached hydrogens (primary N) is 1. The van der Waals surface area contributed by atoms with E-state index in [-0.39, 0.29) is 5.91 Å². The smallest absolute Gasteiger partial charge is 0.259 e. The summed E-state index contributed by atoms with van der Waals surface area (Å²) >= 11 is 0. The van der Waals surface area contributed by atoms with Gasteiger partial charge in [-0.15, -0.1) is 0 Å². The van der Waals surface area contributed by atoms with Crippen LogP contribution in [-0.2, 0) is 11.2 Å². The van der Waals surface area contributed by atoms with E-state index in [1.54, 1.807) is 24.3 Å². The quantitative estimate of drug-likeness (QED) is 0.900. The van der Waals surface area contributed by atoms with E-state index in [2.05, 4.69) is 0 Å². The van der Waals surface area contributed by atoms with Gasteiger partial charge in [-0.2, -0.15) is 0 Å². The minimum absolute atomic E-state index is 0.195. The van der Waals surface area contributed by atoms with Gasteiger partial charge in [0.1, 0.15) is 6.04 Å². The van der Waals surface area contributed by atoms with Gasteiger partial charge in [0.05, 0.1) is 0 Å². The fraction of sp³-hybridized carbons (Fsp3) is 0.125. The number of rotatable bonds is 2. The Bertz CT molecular complexity index is 667. The number of benzene rings is 2. The van der Waals surface area contributed by atoms with Crippen molar-refractivity contribution in [3.63, 3.8) is 0 Å². The zero-order valence-electron chi connectivity index (χ0n) is 10.8. The second-order valence-electron chi connectivity index (χ2n) is 4.79. The Balaban J connectivity index is 2.05. The van der Waals surface area contributed by atoms with Crippen LogP contribution in [0.4, 0.5) is 5.69 Å². The maximum absolute atomic E-state index is 12.6. The van der Waals surface area contributed by atoms with Crippen LogP contribution in [-0.4, -0.2) is 17.9 Å². The molecule has 1 heterocycles. The highest BCUT2D eigenvalue weighted by Crippen LogP contribution is 2.33. The zero-order valence-corrected chi connectivity index (χ0v) is 10.8. The molecule has 20 heavy (non-hydrogen) atoms. The predicted octanol–water partition coefficient (Wildman–Crippen LogP) is 1.74. The summed E-state index contributed by atoms with van der Waals surface area (Å²) < 4.78 is 0. The molecule has 0 fully saturated rings. The third-order valence-corrected chi connectivity index (χ3v) is 3.54. The van der Waals surface area contributed by atoms with Crippen LogP contribution in [0.2, 0.25) is 0 Å². The highest BCUT2D eigenvalue weighted by atomic mass is 16.2. The highest BCUT2D eigenvalue weighted by molar-refractivity contribution is 6.11. The van der Waals surface area contributed by atoms with Gasteiger partial charge in [0.2, 0.25) is 5.91 Å². The lowest BCUT2D eigenvalue weighted by Crippen LogP contribution is -2.46. The Kier molecular flexibility index (Phi) is 2.99. The van der Waals surface area contributed by atoms with E-state index in [1.807, 2.05) is 30.3 Å². The molecule has 1 unspecified atom stereocenters. The van der Waals surface area contributed by atoms with E-state index in [0.29, 0.717) is 12.0 Å². The summed E-state index contributed by atoms with van der Waals surface area (Å²) in [6.07, 6.45) is 0.476. The van der Waals surface area contributed by atoms with Gasteiger partial charge >= 0.3 is 0 Å². The number of carbonyl (C=O) groups is 2. The lowest BCUT2D eigenvalue weighted by molar-refractivity contribution is -0.119. The number of hydrogen-bond donors (Lipinski definition) is 1. The Morgan fingerprint density at radius 3 is 2.35 bits per heavy atom. The maximum Gasteiger partial charge on any atom is 0.259 e. The van der Waals surface area contributed by atoms with Crippen molar-refractivity contribution in [3.05, 3.63) is 65.7 Å². The molecule has 1 aliphatic rings. The fourth-order valence-electron chi connectivity index (χ4n) is 2.58. The Morgan fingerprint density at radius 1 is 1.00 bits per heavy atom. The molecule has 100 valence electrons. The van der Waals surface area contributed by atoms with Crippen molar-refractivity contribution in [2.24, 2.45) is 5.73 Å². The van der Waals surface area contributed by atoms with E-state index in [9.17, 15) is 9.59 Å². The minimum atomic E-state index is -0.611. The van der Waals surface area contributed by atoms with Crippen molar-refractivity contribution in [2.45, 2.75) is 12.5 Å². The van der Waals surface area contributed by atoms with E-state index in [0.717, 1.165) is 11.3 Å². The summed E-state index contributed by atoms with van der Waals surface area (Å²) in [6.45, 7) is 0. The number of para-hydroxylation sites is 1. The largest absolute Gasteiger partial charge is 0.368 e. The number of hydrogen-bond acceptors (Lipinski definition) is 2. The molecular formula is C16H14N2O2. The molecule has 2 aromatic rings. The second kappa shape index (κ2) is 4.81. The summed E-state index contributed by atoms with van der Waals surface area (Å²) in [5, 5.41) is 0. The molecule has 0 bridgehead atoms. The van der Waals surface area contributed by atoms with Gasteiger partial charge in [-0.25, -0.2) is 0 Å². The normalized spacial score (nSPS) is 16.8. The van der Waals surface area contributed by atoms with Gasteiger partial charge in [0, 0.05) is 17.7 Å². The number of primary amides is 1. The molecule has 2 amide bonds. The maximum atomic E-state index is 12.6. The molecule has 4 heteroatoms. The topological polar surface area (TPSA) is 63.4 Å². The molecule has 0 radical (unpaired) electrons. The van der Waals surface area contributed by atoms with Crippen LogP contribution in [0.5, 0.6) is 0 Å². The van der Waals surface area contributed by atoms with Crippen LogP contribution in [0.1, 0.15) is 15.9 Å². The van der Waals surface area contributed by atoms with Crippen LogP contribution in [0.25, 0.3) is 0 Å². The molecule has 4 nitrogen and oxygen atoms in total. The molecule has 2 N–H and O–H groups in total. The summed E-state index contributed by atoms with van der Waals surface area (Å²) in [7, 11) is 0. The van der Waals surface area contributed by atoms with Crippen LogP contribution >= 0.6 is 0 Å². The van der Waals surface area contributed by atoms with Crippen molar-refractivity contribution < 1.29 is 9.59 Å². The fourth-order valence-corrected chi connectivity index (χ4v) is 2.58. The monoisotopic (exact) mass is 266 g/mol. The van der Waals surface area contributed by atoms with Crippen molar-refractivity contribution in [2.75, 3.05) is 4.90 Å². The first-order valence-corrected chi connectivity index (χ1v) is 6.44. The third-order valence-electron chi connectivity index (χ3n) is 3.54. The highest BCUT2D eigenvalue weighted by Gasteiger charge is 2.37. The third kappa shape index (κ3) is 1.95. The van der Waals surface area contributed by atoms with Crippen LogP contribution < -0.4 is 10.6 Å². The molecule has 0 saturated heterocycles. The van der Waals surface area contributed by atoms with Gasteiger partial charge in [-0.3, -0.25) is 14.5 Å². The number of fused-ring (bicyclic) bond motifs is 1. The molecule has 0 spiro atoms. The van der Waals surface area contributed by atoms with Gasteiger partial charge in [0.25, 0.3) is 5.91 Å². The molecule has 1 aliphatic heterocycles. The van der Waals surface area contributed by atoms with Gasteiger partial charge in [-0.05, 0) is 23.8 Å². The lowest BCUT2D eigenvalue weighted by Gasteiger charge is -2.23. The van der Waals surface area contributed by atoms with Crippen molar-refractivity contribution in [1.82, 2.24) is 0 Å². The SMILES string of the molecule is NC(=O)C1Cc2ccccc2N1C(=O)c1ccccc1.